The second kappa shape index (κ2) is 18.4. The van der Waals surface area contributed by atoms with Crippen LogP contribution in [0.4, 0.5) is 8.78 Å². The summed E-state index contributed by atoms with van der Waals surface area (Å²) >= 11 is 0. The SMILES string of the molecule is C=CC1CCC(C)C(CC)C1.CCC1CC2C=CC1CC2.NCCc1c[nH]c2cc(F)ccc12.NCCc1c[nH]c2cccc(F)c12. The van der Waals surface area contributed by atoms with E-state index in [9.17, 15) is 8.78 Å². The molecule has 256 valence electrons. The third-order valence-corrected chi connectivity index (χ3v) is 10.8. The van der Waals surface area contributed by atoms with E-state index < -0.39 is 0 Å². The lowest BCUT2D eigenvalue weighted by molar-refractivity contribution is 0.213. The number of nitrogens with one attached hydrogen (secondary N) is 2. The largest absolute Gasteiger partial charge is 0.361 e. The maximum Gasteiger partial charge on any atom is 0.132 e. The Hall–Kier alpha value is -3.22. The van der Waals surface area contributed by atoms with Crippen molar-refractivity contribution in [2.24, 2.45) is 47.0 Å². The van der Waals surface area contributed by atoms with Gasteiger partial charge in [-0.05, 0) is 141 Å². The minimum atomic E-state index is -0.214. The van der Waals surface area contributed by atoms with Crippen LogP contribution in [0, 0.1) is 47.1 Å². The lowest BCUT2D eigenvalue weighted by atomic mass is 9.68. The van der Waals surface area contributed by atoms with Crippen LogP contribution in [-0.4, -0.2) is 23.1 Å². The lowest BCUT2D eigenvalue weighted by Gasteiger charge is -2.37. The van der Waals surface area contributed by atoms with Crippen molar-refractivity contribution in [1.29, 1.82) is 0 Å². The molecule has 0 spiro atoms. The van der Waals surface area contributed by atoms with Gasteiger partial charge in [-0.3, -0.25) is 0 Å². The van der Waals surface area contributed by atoms with E-state index in [1.807, 2.05) is 18.5 Å². The number of benzene rings is 2. The third-order valence-electron chi connectivity index (χ3n) is 10.8. The monoisotopic (exact) mass is 644 g/mol. The molecule has 47 heavy (non-hydrogen) atoms. The van der Waals surface area contributed by atoms with Crippen LogP contribution in [0.2, 0.25) is 0 Å². The molecule has 0 amide bonds. The van der Waals surface area contributed by atoms with Crippen molar-refractivity contribution in [1.82, 2.24) is 9.97 Å². The first-order valence-electron chi connectivity index (χ1n) is 18.0. The quantitative estimate of drug-likeness (QED) is 0.151. The molecule has 4 aliphatic carbocycles. The van der Waals surface area contributed by atoms with Gasteiger partial charge in [-0.15, -0.1) is 6.58 Å². The van der Waals surface area contributed by atoms with Crippen molar-refractivity contribution in [2.45, 2.75) is 85.0 Å². The van der Waals surface area contributed by atoms with Crippen molar-refractivity contribution >= 4 is 21.8 Å². The highest BCUT2D eigenvalue weighted by Crippen LogP contribution is 2.41. The summed E-state index contributed by atoms with van der Waals surface area (Å²) in [4.78, 5) is 6.04. The zero-order valence-electron chi connectivity index (χ0n) is 28.9. The van der Waals surface area contributed by atoms with Crippen LogP contribution in [0.25, 0.3) is 21.8 Å². The molecule has 6 unspecified atom stereocenters. The second-order valence-electron chi connectivity index (χ2n) is 13.8. The summed E-state index contributed by atoms with van der Waals surface area (Å²) in [6.07, 6.45) is 23.6. The molecular weight excluding hydrogens is 586 g/mol. The molecule has 4 nitrogen and oxygen atoms in total. The molecule has 4 aliphatic rings. The van der Waals surface area contributed by atoms with Crippen LogP contribution in [-0.2, 0) is 12.8 Å². The van der Waals surface area contributed by atoms with Crippen LogP contribution in [0.5, 0.6) is 0 Å². The van der Waals surface area contributed by atoms with Gasteiger partial charge in [0, 0.05) is 34.2 Å². The van der Waals surface area contributed by atoms with Crippen LogP contribution in [0.15, 0.2) is 73.6 Å². The number of nitrogens with two attached hydrogens (primary N) is 2. The topological polar surface area (TPSA) is 83.6 Å². The Labute approximate surface area is 281 Å². The molecule has 4 aromatic rings. The van der Waals surface area contributed by atoms with E-state index in [4.69, 9.17) is 11.5 Å². The highest BCUT2D eigenvalue weighted by atomic mass is 19.1. The normalized spacial score (nSPS) is 24.5. The average molecular weight is 645 g/mol. The smallest absolute Gasteiger partial charge is 0.132 e. The number of aromatic amines is 2. The van der Waals surface area contributed by atoms with Crippen LogP contribution in [0.3, 0.4) is 0 Å². The Morgan fingerprint density at radius 1 is 0.830 bits per heavy atom. The molecule has 0 radical (unpaired) electrons. The third kappa shape index (κ3) is 9.90. The molecule has 6 atom stereocenters. The lowest BCUT2D eigenvalue weighted by Crippen LogP contribution is -2.26. The summed E-state index contributed by atoms with van der Waals surface area (Å²) in [5.41, 5.74) is 14.7. The van der Waals surface area contributed by atoms with Gasteiger partial charge in [-0.2, -0.15) is 0 Å². The van der Waals surface area contributed by atoms with E-state index in [0.717, 1.165) is 69.5 Å². The predicted molar refractivity (Wildman–Crippen MR) is 196 cm³/mol. The van der Waals surface area contributed by atoms with E-state index in [1.54, 1.807) is 12.1 Å². The maximum atomic E-state index is 13.3. The molecular formula is C41H58F2N4. The molecule has 6 N–H and O–H groups in total. The van der Waals surface area contributed by atoms with Gasteiger partial charge in [-0.1, -0.05) is 57.9 Å². The minimum Gasteiger partial charge on any atom is -0.361 e. The Bertz CT molecular complexity index is 1550. The number of hydrogen-bond acceptors (Lipinski definition) is 2. The number of aromatic nitrogens is 2. The minimum absolute atomic E-state index is 0.179. The summed E-state index contributed by atoms with van der Waals surface area (Å²) in [6.45, 7) is 12.1. The predicted octanol–water partition coefficient (Wildman–Crippen LogP) is 10.2. The summed E-state index contributed by atoms with van der Waals surface area (Å²) in [6, 6.07) is 9.77. The first kappa shape index (κ1) is 36.6. The van der Waals surface area contributed by atoms with Gasteiger partial charge in [0.2, 0.25) is 0 Å². The molecule has 6 heteroatoms. The van der Waals surface area contributed by atoms with Crippen LogP contribution >= 0.6 is 0 Å². The van der Waals surface area contributed by atoms with Crippen molar-refractivity contribution in [2.75, 3.05) is 13.1 Å². The second-order valence-corrected chi connectivity index (χ2v) is 13.8. The Kier molecular flexibility index (Phi) is 14.3. The van der Waals surface area contributed by atoms with Crippen molar-refractivity contribution in [3.63, 3.8) is 0 Å². The van der Waals surface area contributed by atoms with Crippen molar-refractivity contribution in [3.8, 4) is 0 Å². The van der Waals surface area contributed by atoms with Gasteiger partial charge in [-0.25, -0.2) is 8.78 Å². The molecule has 0 saturated heterocycles. The summed E-state index contributed by atoms with van der Waals surface area (Å²) in [5.74, 6) is 5.28. The number of rotatable bonds is 7. The first-order valence-corrected chi connectivity index (χ1v) is 18.0. The molecule has 2 fully saturated rings. The van der Waals surface area contributed by atoms with Gasteiger partial charge in [0.25, 0.3) is 0 Å². The van der Waals surface area contributed by atoms with Crippen molar-refractivity contribution < 1.29 is 8.78 Å². The molecule has 2 heterocycles. The van der Waals surface area contributed by atoms with E-state index in [1.165, 1.54) is 69.6 Å². The van der Waals surface area contributed by atoms with Crippen LogP contribution in [0.1, 0.15) is 83.3 Å². The molecule has 2 aromatic carbocycles. The van der Waals surface area contributed by atoms with E-state index in [-0.39, 0.29) is 11.6 Å². The zero-order valence-corrected chi connectivity index (χ0v) is 28.9. The molecule has 2 aromatic heterocycles. The van der Waals surface area contributed by atoms with E-state index in [2.05, 4.69) is 55.5 Å². The maximum absolute atomic E-state index is 13.3. The average Bonchev–Trinajstić information content (AvgIpc) is 3.71. The van der Waals surface area contributed by atoms with Crippen LogP contribution < -0.4 is 11.5 Å². The first-order chi connectivity index (χ1) is 22.8. The fourth-order valence-electron chi connectivity index (χ4n) is 7.84. The number of H-pyrrole nitrogens is 2. The van der Waals surface area contributed by atoms with Crippen molar-refractivity contribution in [3.05, 3.63) is 96.4 Å². The van der Waals surface area contributed by atoms with Gasteiger partial charge in [0.15, 0.2) is 0 Å². The number of hydrogen-bond donors (Lipinski definition) is 4. The zero-order chi connectivity index (χ0) is 33.8. The Morgan fingerprint density at radius 3 is 2.17 bits per heavy atom. The fourth-order valence-corrected chi connectivity index (χ4v) is 7.84. The molecule has 0 aliphatic heterocycles. The van der Waals surface area contributed by atoms with Gasteiger partial charge >= 0.3 is 0 Å². The van der Waals surface area contributed by atoms with Gasteiger partial charge in [0.05, 0.1) is 0 Å². The van der Waals surface area contributed by atoms with Gasteiger partial charge in [0.1, 0.15) is 11.6 Å². The molecule has 2 saturated carbocycles. The highest BCUT2D eigenvalue weighted by Gasteiger charge is 2.30. The highest BCUT2D eigenvalue weighted by molar-refractivity contribution is 5.84. The van der Waals surface area contributed by atoms with Gasteiger partial charge < -0.3 is 21.4 Å². The summed E-state index contributed by atoms with van der Waals surface area (Å²) in [5, 5.41) is 1.74. The summed E-state index contributed by atoms with van der Waals surface area (Å²) in [7, 11) is 0. The fraction of sp³-hybridized carbons (Fsp3) is 0.512. The standard InChI is InChI=1S/C11H20.2C10H11FN2.C10H16/c1-4-10-7-6-9(3)11(5-2)8-10;11-8-1-2-9-7(3-4-12)6-13-10(9)5-8;11-8-2-1-3-9-10(8)7(4-5-12)6-13-9;1-2-9-7-8-3-5-10(9)6-4-8/h4,9-11H,1,5-8H2,2-3H3;1-2,5-6,13H,3-4,12H2;1-3,6,13H,4-5,12H2;3,5,8-10H,2,4,6-7H2,1H3. The number of halogens is 2. The Morgan fingerprint density at radius 2 is 1.55 bits per heavy atom. The van der Waals surface area contributed by atoms with E-state index >= 15 is 0 Å². The summed E-state index contributed by atoms with van der Waals surface area (Å²) < 4.78 is 26.1. The Balaban J connectivity index is 0.000000143. The van der Waals surface area contributed by atoms with E-state index in [0.29, 0.717) is 24.9 Å². The molecule has 8 rings (SSSR count). The molecule has 2 bridgehead atoms. The number of allylic oxidation sites excluding steroid dienone is 3. The number of fused-ring (bicyclic) bond motifs is 4.